The second kappa shape index (κ2) is 68.3. The summed E-state index contributed by atoms with van der Waals surface area (Å²) in [5, 5.41) is 0. The van der Waals surface area contributed by atoms with Crippen LogP contribution in [0.25, 0.3) is 0 Å². The van der Waals surface area contributed by atoms with E-state index in [1.165, 1.54) is 225 Å². The Balaban J connectivity index is 4.32. The second-order valence-corrected chi connectivity index (χ2v) is 23.4. The van der Waals surface area contributed by atoms with Crippen LogP contribution in [0.2, 0.25) is 0 Å². The SMILES string of the molecule is CC/C=C\C/C=C\C/C=C\C/C=C\CCCCCCCCCCC(=O)OC(COC(=O)CCCCCCCCCCCCCCC/C=C\C/C=C\CCCCCCC)COC(=O)CCCCCCCCCCCCCCCCCC. The van der Waals surface area contributed by atoms with Crippen LogP contribution in [-0.4, -0.2) is 37.2 Å². The lowest BCUT2D eigenvalue weighted by molar-refractivity contribution is -0.167. The molecule has 1 unspecified atom stereocenters. The largest absolute Gasteiger partial charge is 0.462 e. The fraction of sp³-hybridized carbons (Fsp3) is 0.797. The standard InChI is InChI=1S/C74H132O6/c1-4-7-10-13-16-19-22-25-28-31-33-35-36-37-38-40-41-43-46-49-52-55-58-61-64-67-73(76)79-70-71(69-78-72(75)66-63-60-57-54-51-48-45-30-27-24-21-18-15-12-9-6-3)80-74(77)68-65-62-59-56-53-50-47-44-42-39-34-32-29-26-23-20-17-14-11-8-5-2/h8,11,17,20,22,25-26,29,31,33-34,39,71H,4-7,9-10,12-16,18-19,21,23-24,27-28,30,32,35-38,40-70H2,1-3H3/b11-8-,20-17-,25-22-,29-26-,33-31-,39-34-. The minimum Gasteiger partial charge on any atom is -0.462 e. The van der Waals surface area contributed by atoms with Crippen LogP contribution in [0.4, 0.5) is 0 Å². The summed E-state index contributed by atoms with van der Waals surface area (Å²) in [6, 6.07) is 0. The summed E-state index contributed by atoms with van der Waals surface area (Å²) < 4.78 is 17.0. The Morgan fingerprint density at radius 1 is 0.263 bits per heavy atom. The summed E-state index contributed by atoms with van der Waals surface area (Å²) in [4.78, 5) is 38.5. The molecular formula is C74H132O6. The van der Waals surface area contributed by atoms with Gasteiger partial charge in [0.1, 0.15) is 13.2 Å². The molecule has 0 saturated carbocycles. The number of allylic oxidation sites excluding steroid dienone is 12. The van der Waals surface area contributed by atoms with Crippen molar-refractivity contribution in [1.82, 2.24) is 0 Å². The number of carbonyl (C=O) groups is 3. The van der Waals surface area contributed by atoms with Crippen molar-refractivity contribution < 1.29 is 28.6 Å². The van der Waals surface area contributed by atoms with Crippen molar-refractivity contribution in [2.24, 2.45) is 0 Å². The van der Waals surface area contributed by atoms with Crippen LogP contribution in [0.15, 0.2) is 72.9 Å². The highest BCUT2D eigenvalue weighted by atomic mass is 16.6. The molecule has 0 aliphatic carbocycles. The third kappa shape index (κ3) is 65.7. The molecule has 0 saturated heterocycles. The van der Waals surface area contributed by atoms with E-state index in [-0.39, 0.29) is 31.1 Å². The average molecular weight is 1120 g/mol. The number of hydrogen-bond acceptors (Lipinski definition) is 6. The molecule has 0 bridgehead atoms. The third-order valence-electron chi connectivity index (χ3n) is 15.4. The Kier molecular flexibility index (Phi) is 65.7. The summed E-state index contributed by atoms with van der Waals surface area (Å²) in [5.74, 6) is -0.861. The van der Waals surface area contributed by atoms with E-state index < -0.39 is 6.10 Å². The molecule has 0 heterocycles. The van der Waals surface area contributed by atoms with Crippen LogP contribution in [-0.2, 0) is 28.6 Å². The zero-order chi connectivity index (χ0) is 57.8. The van der Waals surface area contributed by atoms with Crippen LogP contribution in [0, 0.1) is 0 Å². The number of ether oxygens (including phenoxy) is 3. The van der Waals surface area contributed by atoms with Gasteiger partial charge in [0.05, 0.1) is 0 Å². The minimum absolute atomic E-state index is 0.0748. The van der Waals surface area contributed by atoms with E-state index in [1.54, 1.807) is 0 Å². The topological polar surface area (TPSA) is 78.9 Å². The molecule has 0 aromatic carbocycles. The smallest absolute Gasteiger partial charge is 0.306 e. The molecule has 0 aliphatic heterocycles. The van der Waals surface area contributed by atoms with Gasteiger partial charge in [-0.15, -0.1) is 0 Å². The normalized spacial score (nSPS) is 12.5. The zero-order valence-corrected chi connectivity index (χ0v) is 53.3. The summed E-state index contributed by atoms with van der Waals surface area (Å²) in [5.41, 5.74) is 0. The van der Waals surface area contributed by atoms with Crippen LogP contribution >= 0.6 is 0 Å². The summed E-state index contributed by atoms with van der Waals surface area (Å²) in [7, 11) is 0. The predicted octanol–water partition coefficient (Wildman–Crippen LogP) is 24.1. The first-order valence-electron chi connectivity index (χ1n) is 34.9. The number of rotatable bonds is 64. The van der Waals surface area contributed by atoms with Crippen molar-refractivity contribution in [3.8, 4) is 0 Å². The van der Waals surface area contributed by atoms with Crippen molar-refractivity contribution in [1.29, 1.82) is 0 Å². The number of esters is 3. The molecule has 0 radical (unpaired) electrons. The molecule has 0 rings (SSSR count). The highest BCUT2D eigenvalue weighted by Crippen LogP contribution is 2.18. The maximum atomic E-state index is 13.0. The summed E-state index contributed by atoms with van der Waals surface area (Å²) in [6.07, 6.45) is 89.2. The summed E-state index contributed by atoms with van der Waals surface area (Å²) in [6.45, 7) is 6.57. The molecule has 80 heavy (non-hydrogen) atoms. The van der Waals surface area contributed by atoms with Crippen LogP contribution in [0.3, 0.4) is 0 Å². The molecule has 0 spiro atoms. The molecule has 0 aliphatic rings. The van der Waals surface area contributed by atoms with Gasteiger partial charge in [-0.3, -0.25) is 14.4 Å². The Morgan fingerprint density at radius 3 is 0.762 bits per heavy atom. The minimum atomic E-state index is -0.780. The molecule has 0 aromatic heterocycles. The van der Waals surface area contributed by atoms with Gasteiger partial charge in [-0.05, 0) is 89.9 Å². The lowest BCUT2D eigenvalue weighted by atomic mass is 10.0. The van der Waals surface area contributed by atoms with Crippen LogP contribution in [0.5, 0.6) is 0 Å². The lowest BCUT2D eigenvalue weighted by Gasteiger charge is -2.18. The molecule has 0 amide bonds. The van der Waals surface area contributed by atoms with Crippen molar-refractivity contribution in [2.75, 3.05) is 13.2 Å². The molecule has 0 aromatic rings. The van der Waals surface area contributed by atoms with Gasteiger partial charge in [-0.25, -0.2) is 0 Å². The molecule has 464 valence electrons. The fourth-order valence-corrected chi connectivity index (χ4v) is 10.2. The predicted molar refractivity (Wildman–Crippen MR) is 348 cm³/mol. The van der Waals surface area contributed by atoms with E-state index in [2.05, 4.69) is 93.7 Å². The van der Waals surface area contributed by atoms with Crippen molar-refractivity contribution in [3.63, 3.8) is 0 Å². The van der Waals surface area contributed by atoms with Crippen LogP contribution in [0.1, 0.15) is 361 Å². The third-order valence-corrected chi connectivity index (χ3v) is 15.4. The highest BCUT2D eigenvalue weighted by molar-refractivity contribution is 5.71. The quantitative estimate of drug-likeness (QED) is 0.0261. The van der Waals surface area contributed by atoms with E-state index >= 15 is 0 Å². The van der Waals surface area contributed by atoms with E-state index in [0.29, 0.717) is 19.3 Å². The van der Waals surface area contributed by atoms with Gasteiger partial charge in [-0.2, -0.15) is 0 Å². The van der Waals surface area contributed by atoms with Crippen molar-refractivity contribution in [2.45, 2.75) is 367 Å². The Bertz CT molecular complexity index is 1470. The van der Waals surface area contributed by atoms with E-state index in [0.717, 1.165) is 96.3 Å². The Labute approximate surface area is 497 Å². The number of unbranched alkanes of at least 4 members (excludes halogenated alkanes) is 41. The van der Waals surface area contributed by atoms with Gasteiger partial charge in [0, 0.05) is 19.3 Å². The molecule has 1 atom stereocenters. The maximum Gasteiger partial charge on any atom is 0.306 e. The first kappa shape index (κ1) is 76.9. The Morgan fingerprint density at radius 2 is 0.487 bits per heavy atom. The maximum absolute atomic E-state index is 13.0. The van der Waals surface area contributed by atoms with Crippen molar-refractivity contribution in [3.05, 3.63) is 72.9 Å². The van der Waals surface area contributed by atoms with E-state index in [4.69, 9.17) is 14.2 Å². The van der Waals surface area contributed by atoms with Gasteiger partial charge in [0.15, 0.2) is 6.10 Å². The molecule has 0 fully saturated rings. The lowest BCUT2D eigenvalue weighted by Crippen LogP contribution is -2.30. The second-order valence-electron chi connectivity index (χ2n) is 23.4. The highest BCUT2D eigenvalue weighted by Gasteiger charge is 2.19. The number of carbonyl (C=O) groups excluding carboxylic acids is 3. The van der Waals surface area contributed by atoms with E-state index in [1.807, 2.05) is 0 Å². The zero-order valence-electron chi connectivity index (χ0n) is 53.3. The van der Waals surface area contributed by atoms with Gasteiger partial charge < -0.3 is 14.2 Å². The first-order chi connectivity index (χ1) is 39.5. The first-order valence-corrected chi connectivity index (χ1v) is 34.9. The molecule has 6 nitrogen and oxygen atoms in total. The Hall–Kier alpha value is -3.15. The van der Waals surface area contributed by atoms with Gasteiger partial charge in [-0.1, -0.05) is 325 Å². The molecule has 0 N–H and O–H groups in total. The molecule has 6 heteroatoms. The fourth-order valence-electron chi connectivity index (χ4n) is 10.2. The van der Waals surface area contributed by atoms with E-state index in [9.17, 15) is 14.4 Å². The molecular weight excluding hydrogens is 985 g/mol. The monoisotopic (exact) mass is 1120 g/mol. The van der Waals surface area contributed by atoms with Gasteiger partial charge >= 0.3 is 17.9 Å². The summed E-state index contributed by atoms with van der Waals surface area (Å²) >= 11 is 0. The average Bonchev–Trinajstić information content (AvgIpc) is 3.46. The van der Waals surface area contributed by atoms with Crippen LogP contribution < -0.4 is 0 Å². The van der Waals surface area contributed by atoms with Gasteiger partial charge in [0.2, 0.25) is 0 Å². The van der Waals surface area contributed by atoms with Gasteiger partial charge in [0.25, 0.3) is 0 Å². The van der Waals surface area contributed by atoms with Crippen molar-refractivity contribution >= 4 is 17.9 Å². The number of hydrogen-bond donors (Lipinski definition) is 0.